The van der Waals surface area contributed by atoms with E-state index in [1.54, 1.807) is 12.4 Å². The van der Waals surface area contributed by atoms with Gasteiger partial charge in [0.1, 0.15) is 5.75 Å². The van der Waals surface area contributed by atoms with Crippen LogP contribution in [0.2, 0.25) is 0 Å². The van der Waals surface area contributed by atoms with E-state index >= 15 is 0 Å². The van der Waals surface area contributed by atoms with E-state index in [4.69, 9.17) is 9.72 Å². The topological polar surface area (TPSA) is 65.0 Å². The summed E-state index contributed by atoms with van der Waals surface area (Å²) in [5, 5.41) is 0. The van der Waals surface area contributed by atoms with Gasteiger partial charge in [-0.3, -0.25) is 9.97 Å². The highest BCUT2D eigenvalue weighted by atomic mass is 16.5. The van der Waals surface area contributed by atoms with Gasteiger partial charge in [0.25, 0.3) is 0 Å². The summed E-state index contributed by atoms with van der Waals surface area (Å²) < 4.78 is 5.51. The lowest BCUT2D eigenvalue weighted by Gasteiger charge is -2.13. The molecule has 0 radical (unpaired) electrons. The fourth-order valence-electron chi connectivity index (χ4n) is 3.08. The largest absolute Gasteiger partial charge is 0.423 e. The Morgan fingerprint density at radius 2 is 1.50 bits per heavy atom. The quantitative estimate of drug-likeness (QED) is 0.262. The molecule has 0 N–H and O–H groups in total. The number of pyridine rings is 3. The van der Waals surface area contributed by atoms with Gasteiger partial charge in [-0.2, -0.15) is 0 Å². The molecule has 146 valence electrons. The fourth-order valence-corrected chi connectivity index (χ4v) is 3.08. The maximum atomic E-state index is 11.9. The molecule has 5 heteroatoms. The molecule has 5 nitrogen and oxygen atoms in total. The zero-order valence-electron chi connectivity index (χ0n) is 16.4. The van der Waals surface area contributed by atoms with E-state index in [0.29, 0.717) is 17.1 Å². The van der Waals surface area contributed by atoms with Gasteiger partial charge in [-0.25, -0.2) is 9.78 Å². The lowest BCUT2D eigenvalue weighted by molar-refractivity contribution is -0.128. The standard InChI is InChI=1S/C25H19N3O2/c1-3-25(29)30-24-14-17(2)10-11-19(24)18-15-22(20-8-4-6-12-26-20)28-23(16-18)21-9-5-7-13-27-21/h3-16H,1H2,2H3. The molecule has 4 rings (SSSR count). The van der Waals surface area contributed by atoms with Crippen LogP contribution in [0.5, 0.6) is 5.75 Å². The van der Waals surface area contributed by atoms with Crippen molar-refractivity contribution in [3.05, 3.63) is 97.3 Å². The van der Waals surface area contributed by atoms with Crippen LogP contribution >= 0.6 is 0 Å². The maximum Gasteiger partial charge on any atom is 0.335 e. The van der Waals surface area contributed by atoms with E-state index in [0.717, 1.165) is 34.2 Å². The van der Waals surface area contributed by atoms with Crippen LogP contribution in [0.3, 0.4) is 0 Å². The number of ether oxygens (including phenoxy) is 1. The average molecular weight is 393 g/mol. The van der Waals surface area contributed by atoms with E-state index in [-0.39, 0.29) is 0 Å². The number of hydrogen-bond acceptors (Lipinski definition) is 5. The number of nitrogens with zero attached hydrogens (tertiary/aromatic N) is 3. The van der Waals surface area contributed by atoms with Crippen molar-refractivity contribution in [2.75, 3.05) is 0 Å². The van der Waals surface area contributed by atoms with Crippen molar-refractivity contribution < 1.29 is 9.53 Å². The van der Waals surface area contributed by atoms with Crippen LogP contribution in [-0.4, -0.2) is 20.9 Å². The Bertz CT molecular complexity index is 1150. The van der Waals surface area contributed by atoms with Gasteiger partial charge in [-0.15, -0.1) is 0 Å². The number of carbonyl (C=O) groups is 1. The van der Waals surface area contributed by atoms with Crippen molar-refractivity contribution in [3.63, 3.8) is 0 Å². The van der Waals surface area contributed by atoms with Gasteiger partial charge >= 0.3 is 5.97 Å². The molecule has 0 aliphatic carbocycles. The average Bonchev–Trinajstić information content (AvgIpc) is 2.80. The highest BCUT2D eigenvalue weighted by Gasteiger charge is 2.14. The molecule has 1 aromatic carbocycles. The predicted octanol–water partition coefficient (Wildman–Crippen LogP) is 5.27. The zero-order chi connectivity index (χ0) is 20.9. The molecule has 0 saturated carbocycles. The monoisotopic (exact) mass is 393 g/mol. The second-order valence-corrected chi connectivity index (χ2v) is 6.68. The Morgan fingerprint density at radius 1 is 0.867 bits per heavy atom. The first kappa shape index (κ1) is 19.2. The minimum atomic E-state index is -0.509. The van der Waals surface area contributed by atoms with Crippen LogP contribution in [0.25, 0.3) is 33.9 Å². The summed E-state index contributed by atoms with van der Waals surface area (Å²) in [6, 6.07) is 21.0. The summed E-state index contributed by atoms with van der Waals surface area (Å²) in [4.78, 5) is 25.5. The van der Waals surface area contributed by atoms with E-state index < -0.39 is 5.97 Å². The Morgan fingerprint density at radius 3 is 2.03 bits per heavy atom. The Labute approximate surface area is 174 Å². The molecule has 0 saturated heterocycles. The summed E-state index contributed by atoms with van der Waals surface area (Å²) in [5.74, 6) is -0.0455. The fraction of sp³-hybridized carbons (Fsp3) is 0.0400. The van der Waals surface area contributed by atoms with E-state index in [1.165, 1.54) is 0 Å². The number of benzene rings is 1. The number of esters is 1. The lowest BCUT2D eigenvalue weighted by atomic mass is 10.0. The van der Waals surface area contributed by atoms with E-state index in [9.17, 15) is 4.79 Å². The van der Waals surface area contributed by atoms with Crippen molar-refractivity contribution in [2.24, 2.45) is 0 Å². The van der Waals surface area contributed by atoms with Crippen molar-refractivity contribution in [2.45, 2.75) is 6.92 Å². The SMILES string of the molecule is C=CC(=O)Oc1cc(C)ccc1-c1cc(-c2ccccn2)nc(-c2ccccn2)c1. The van der Waals surface area contributed by atoms with Gasteiger partial charge in [0.05, 0.1) is 22.8 Å². The second-order valence-electron chi connectivity index (χ2n) is 6.68. The zero-order valence-corrected chi connectivity index (χ0v) is 16.4. The summed E-state index contributed by atoms with van der Waals surface area (Å²) >= 11 is 0. The second kappa shape index (κ2) is 8.49. The number of rotatable bonds is 5. The summed E-state index contributed by atoms with van der Waals surface area (Å²) in [6.45, 7) is 5.43. The molecule has 30 heavy (non-hydrogen) atoms. The molecule has 0 aliphatic rings. The van der Waals surface area contributed by atoms with Crippen molar-refractivity contribution in [1.29, 1.82) is 0 Å². The number of hydrogen-bond donors (Lipinski definition) is 0. The molecule has 0 aliphatic heterocycles. The first-order valence-corrected chi connectivity index (χ1v) is 9.44. The van der Waals surface area contributed by atoms with Crippen molar-refractivity contribution in [1.82, 2.24) is 15.0 Å². The van der Waals surface area contributed by atoms with Gasteiger partial charge in [0, 0.05) is 24.0 Å². The number of aryl methyl sites for hydroxylation is 1. The third-order valence-electron chi connectivity index (χ3n) is 4.51. The van der Waals surface area contributed by atoms with Crippen LogP contribution in [0, 0.1) is 6.92 Å². The van der Waals surface area contributed by atoms with Crippen molar-refractivity contribution >= 4 is 5.97 Å². The molecule has 3 heterocycles. The van der Waals surface area contributed by atoms with Crippen molar-refractivity contribution in [3.8, 4) is 39.7 Å². The predicted molar refractivity (Wildman–Crippen MR) is 117 cm³/mol. The van der Waals surface area contributed by atoms with Gasteiger partial charge in [0.15, 0.2) is 0 Å². The van der Waals surface area contributed by atoms with Gasteiger partial charge in [0.2, 0.25) is 0 Å². The molecule has 0 fully saturated rings. The molecule has 0 bridgehead atoms. The third-order valence-corrected chi connectivity index (χ3v) is 4.51. The van der Waals surface area contributed by atoms with Gasteiger partial charge in [-0.05, 0) is 60.5 Å². The number of carbonyl (C=O) groups excluding carboxylic acids is 1. The Balaban J connectivity index is 1.92. The number of aromatic nitrogens is 3. The first-order valence-electron chi connectivity index (χ1n) is 9.44. The molecule has 3 aromatic heterocycles. The Kier molecular flexibility index (Phi) is 5.44. The smallest absolute Gasteiger partial charge is 0.335 e. The molecular formula is C25H19N3O2. The maximum absolute atomic E-state index is 11.9. The minimum Gasteiger partial charge on any atom is -0.423 e. The van der Waals surface area contributed by atoms with Crippen LogP contribution in [-0.2, 0) is 4.79 Å². The lowest BCUT2D eigenvalue weighted by Crippen LogP contribution is -2.04. The van der Waals surface area contributed by atoms with Crippen LogP contribution < -0.4 is 4.74 Å². The molecule has 4 aromatic rings. The highest BCUT2D eigenvalue weighted by Crippen LogP contribution is 2.35. The molecule has 0 unspecified atom stereocenters. The third kappa shape index (κ3) is 4.15. The summed E-state index contributed by atoms with van der Waals surface area (Å²) in [5.41, 5.74) is 5.49. The first-order chi connectivity index (χ1) is 14.6. The normalized spacial score (nSPS) is 10.4. The van der Waals surface area contributed by atoms with Crippen LogP contribution in [0.1, 0.15) is 5.56 Å². The van der Waals surface area contributed by atoms with Gasteiger partial charge in [-0.1, -0.05) is 30.8 Å². The van der Waals surface area contributed by atoms with E-state index in [2.05, 4.69) is 16.5 Å². The van der Waals surface area contributed by atoms with Gasteiger partial charge < -0.3 is 4.74 Å². The summed E-state index contributed by atoms with van der Waals surface area (Å²) in [7, 11) is 0. The van der Waals surface area contributed by atoms with Crippen LogP contribution in [0.4, 0.5) is 0 Å². The Hall–Kier alpha value is -4.12. The molecule has 0 amide bonds. The molecule has 0 spiro atoms. The molecular weight excluding hydrogens is 374 g/mol. The van der Waals surface area contributed by atoms with E-state index in [1.807, 2.05) is 73.7 Å². The van der Waals surface area contributed by atoms with Crippen LogP contribution in [0.15, 0.2) is 91.8 Å². The highest BCUT2D eigenvalue weighted by molar-refractivity contribution is 5.86. The minimum absolute atomic E-state index is 0.463. The summed E-state index contributed by atoms with van der Waals surface area (Å²) in [6.07, 6.45) is 4.61. The molecule has 0 atom stereocenters.